The summed E-state index contributed by atoms with van der Waals surface area (Å²) in [5, 5.41) is 3.33. The van der Waals surface area contributed by atoms with Gasteiger partial charge in [0.15, 0.2) is 0 Å². The molecule has 0 aliphatic carbocycles. The predicted octanol–water partition coefficient (Wildman–Crippen LogP) is 2.68. The number of nitrogens with zero attached hydrogens (tertiary/aromatic N) is 1. The van der Waals surface area contributed by atoms with Gasteiger partial charge in [0, 0.05) is 13.1 Å². The fourth-order valence-electron chi connectivity index (χ4n) is 2.93. The average molecular weight is 344 g/mol. The number of rotatable bonds is 6. The molecule has 1 atom stereocenters. The van der Waals surface area contributed by atoms with E-state index in [4.69, 9.17) is 4.74 Å². The molecule has 0 aromatic heterocycles. The quantitative estimate of drug-likeness (QED) is 0.806. The van der Waals surface area contributed by atoms with Crippen molar-refractivity contribution < 1.29 is 22.7 Å². The normalized spacial score (nSPS) is 18.6. The Hall–Kier alpha value is -1.60. The van der Waals surface area contributed by atoms with Crippen LogP contribution in [0.3, 0.4) is 0 Å². The van der Waals surface area contributed by atoms with Crippen molar-refractivity contribution in [1.82, 2.24) is 10.2 Å². The molecule has 0 bridgehead atoms. The highest BCUT2D eigenvalue weighted by Crippen LogP contribution is 2.29. The third kappa shape index (κ3) is 5.79. The lowest BCUT2D eigenvalue weighted by Gasteiger charge is -2.29. The van der Waals surface area contributed by atoms with Crippen LogP contribution in [0.4, 0.5) is 13.2 Å². The van der Waals surface area contributed by atoms with Crippen molar-refractivity contribution in [3.05, 3.63) is 35.4 Å². The maximum atomic E-state index is 12.6. The van der Waals surface area contributed by atoms with E-state index in [0.717, 1.165) is 43.6 Å². The van der Waals surface area contributed by atoms with Gasteiger partial charge >= 0.3 is 12.1 Å². The molecular formula is C17H23F3N2O2. The summed E-state index contributed by atoms with van der Waals surface area (Å²) in [4.78, 5) is 13.5. The van der Waals surface area contributed by atoms with Gasteiger partial charge in [-0.25, -0.2) is 0 Å². The molecule has 0 radical (unpaired) electrons. The molecule has 7 heteroatoms. The highest BCUT2D eigenvalue weighted by Gasteiger charge is 2.30. The Bertz CT molecular complexity index is 526. The van der Waals surface area contributed by atoms with Gasteiger partial charge in [0.05, 0.1) is 19.2 Å². The van der Waals surface area contributed by atoms with Crippen LogP contribution in [0.5, 0.6) is 0 Å². The summed E-state index contributed by atoms with van der Waals surface area (Å²) in [6.45, 7) is 3.16. The summed E-state index contributed by atoms with van der Waals surface area (Å²) >= 11 is 0. The first kappa shape index (κ1) is 18.7. The molecule has 1 saturated heterocycles. The molecule has 1 fully saturated rings. The van der Waals surface area contributed by atoms with E-state index >= 15 is 0 Å². The maximum Gasteiger partial charge on any atom is 0.416 e. The molecule has 0 amide bonds. The Kier molecular flexibility index (Phi) is 6.62. The van der Waals surface area contributed by atoms with Crippen molar-refractivity contribution in [2.45, 2.75) is 25.6 Å². The Morgan fingerprint density at radius 3 is 2.58 bits per heavy atom. The fraction of sp³-hybridized carbons (Fsp3) is 0.588. The first-order valence-corrected chi connectivity index (χ1v) is 8.04. The van der Waals surface area contributed by atoms with Crippen LogP contribution in [-0.2, 0) is 22.3 Å². The Labute approximate surface area is 140 Å². The Balaban J connectivity index is 2.01. The number of hydrogen-bond acceptors (Lipinski definition) is 4. The van der Waals surface area contributed by atoms with E-state index in [9.17, 15) is 18.0 Å². The monoisotopic (exact) mass is 344 g/mol. The van der Waals surface area contributed by atoms with Crippen LogP contribution in [0.1, 0.15) is 24.0 Å². The molecule has 0 saturated carbocycles. The molecule has 1 unspecified atom stereocenters. The van der Waals surface area contributed by atoms with Crippen LogP contribution in [0.15, 0.2) is 24.3 Å². The maximum absolute atomic E-state index is 12.6. The minimum atomic E-state index is -4.34. The van der Waals surface area contributed by atoms with Gasteiger partial charge in [-0.3, -0.25) is 9.69 Å². The third-order valence-corrected chi connectivity index (χ3v) is 4.18. The first-order chi connectivity index (χ1) is 11.4. The highest BCUT2D eigenvalue weighted by atomic mass is 19.4. The minimum absolute atomic E-state index is 0.133. The molecule has 24 heavy (non-hydrogen) atoms. The molecule has 1 N–H and O–H groups in total. The molecule has 1 aromatic rings. The number of esters is 1. The first-order valence-electron chi connectivity index (χ1n) is 8.04. The standard InChI is InChI=1S/C17H23F3N2O2/c1-24-16(23)12-22(11-14-3-2-8-21-9-14)10-13-4-6-15(7-5-13)17(18,19)20/h4-7,14,21H,2-3,8-12H2,1H3. The van der Waals surface area contributed by atoms with E-state index < -0.39 is 11.7 Å². The second kappa shape index (κ2) is 8.48. The molecule has 1 aromatic carbocycles. The predicted molar refractivity (Wildman–Crippen MR) is 84.3 cm³/mol. The average Bonchev–Trinajstić information content (AvgIpc) is 2.55. The van der Waals surface area contributed by atoms with Crippen molar-refractivity contribution in [3.8, 4) is 0 Å². The van der Waals surface area contributed by atoms with Crippen molar-refractivity contribution in [2.24, 2.45) is 5.92 Å². The number of hydrogen-bond donors (Lipinski definition) is 1. The molecule has 1 aliphatic heterocycles. The van der Waals surface area contributed by atoms with Gasteiger partial charge in [-0.2, -0.15) is 13.2 Å². The molecule has 1 aliphatic rings. The molecule has 0 spiro atoms. The van der Waals surface area contributed by atoms with Crippen molar-refractivity contribution in [1.29, 1.82) is 0 Å². The number of alkyl halides is 3. The minimum Gasteiger partial charge on any atom is -0.468 e. The van der Waals surface area contributed by atoms with Crippen LogP contribution in [0.25, 0.3) is 0 Å². The molecule has 134 valence electrons. The zero-order valence-corrected chi connectivity index (χ0v) is 13.7. The summed E-state index contributed by atoms with van der Waals surface area (Å²) in [5.41, 5.74) is 0.0814. The lowest BCUT2D eigenvalue weighted by molar-refractivity contribution is -0.142. The van der Waals surface area contributed by atoms with E-state index in [1.54, 1.807) is 0 Å². The highest BCUT2D eigenvalue weighted by molar-refractivity contribution is 5.71. The van der Waals surface area contributed by atoms with E-state index in [0.29, 0.717) is 19.0 Å². The number of methoxy groups -OCH3 is 1. The van der Waals surface area contributed by atoms with Crippen molar-refractivity contribution >= 4 is 5.97 Å². The lowest BCUT2D eigenvalue weighted by atomic mass is 9.98. The number of carbonyl (C=O) groups is 1. The van der Waals surface area contributed by atoms with Crippen LogP contribution in [-0.4, -0.2) is 44.2 Å². The molecule has 4 nitrogen and oxygen atoms in total. The number of carbonyl (C=O) groups excluding carboxylic acids is 1. The third-order valence-electron chi connectivity index (χ3n) is 4.18. The molecule has 1 heterocycles. The smallest absolute Gasteiger partial charge is 0.416 e. The molecule has 2 rings (SSSR count). The molecular weight excluding hydrogens is 321 g/mol. The summed E-state index contributed by atoms with van der Waals surface area (Å²) in [6, 6.07) is 5.08. The fourth-order valence-corrected chi connectivity index (χ4v) is 2.93. The van der Waals surface area contributed by atoms with E-state index in [-0.39, 0.29) is 12.5 Å². The number of ether oxygens (including phenoxy) is 1. The van der Waals surface area contributed by atoms with Gasteiger partial charge in [-0.15, -0.1) is 0 Å². The van der Waals surface area contributed by atoms with Crippen molar-refractivity contribution in [2.75, 3.05) is 33.3 Å². The van der Waals surface area contributed by atoms with Gasteiger partial charge in [0.2, 0.25) is 0 Å². The number of benzene rings is 1. The van der Waals surface area contributed by atoms with Crippen LogP contribution >= 0.6 is 0 Å². The zero-order valence-electron chi connectivity index (χ0n) is 13.7. The van der Waals surface area contributed by atoms with Crippen LogP contribution in [0.2, 0.25) is 0 Å². The van der Waals surface area contributed by atoms with Crippen LogP contribution in [0, 0.1) is 5.92 Å². The largest absolute Gasteiger partial charge is 0.468 e. The van der Waals surface area contributed by atoms with E-state index in [2.05, 4.69) is 5.32 Å². The second-order valence-corrected chi connectivity index (χ2v) is 6.15. The van der Waals surface area contributed by atoms with Crippen molar-refractivity contribution in [3.63, 3.8) is 0 Å². The summed E-state index contributed by atoms with van der Waals surface area (Å²) in [7, 11) is 1.33. The summed E-state index contributed by atoms with van der Waals surface area (Å²) < 4.78 is 42.6. The number of nitrogens with one attached hydrogen (secondary N) is 1. The number of halogens is 3. The SMILES string of the molecule is COC(=O)CN(Cc1ccc(C(F)(F)F)cc1)CC1CCCNC1. The van der Waals surface area contributed by atoms with Gasteiger partial charge in [-0.05, 0) is 49.5 Å². The Morgan fingerprint density at radius 2 is 2.04 bits per heavy atom. The second-order valence-electron chi connectivity index (χ2n) is 6.15. The topological polar surface area (TPSA) is 41.6 Å². The van der Waals surface area contributed by atoms with Gasteiger partial charge in [0.1, 0.15) is 0 Å². The van der Waals surface area contributed by atoms with E-state index in [1.807, 2.05) is 4.90 Å². The van der Waals surface area contributed by atoms with Gasteiger partial charge < -0.3 is 10.1 Å². The lowest BCUT2D eigenvalue weighted by Crippen LogP contribution is -2.40. The summed E-state index contributed by atoms with van der Waals surface area (Å²) in [5.74, 6) is 0.0866. The van der Waals surface area contributed by atoms with E-state index in [1.165, 1.54) is 19.2 Å². The van der Waals surface area contributed by atoms with Crippen LogP contribution < -0.4 is 5.32 Å². The van der Waals surface area contributed by atoms with Gasteiger partial charge in [0.25, 0.3) is 0 Å². The summed E-state index contributed by atoms with van der Waals surface area (Å²) in [6.07, 6.45) is -2.16. The Morgan fingerprint density at radius 1 is 1.33 bits per heavy atom. The zero-order chi connectivity index (χ0) is 17.6. The van der Waals surface area contributed by atoms with Gasteiger partial charge in [-0.1, -0.05) is 12.1 Å². The number of piperidine rings is 1.